The van der Waals surface area contributed by atoms with Crippen molar-refractivity contribution in [2.75, 3.05) is 0 Å². The van der Waals surface area contributed by atoms with Gasteiger partial charge >= 0.3 is 0 Å². The summed E-state index contributed by atoms with van der Waals surface area (Å²) in [7, 11) is 0. The average molecular weight is 241 g/mol. The van der Waals surface area contributed by atoms with Gasteiger partial charge < -0.3 is 5.32 Å². The van der Waals surface area contributed by atoms with Crippen molar-refractivity contribution in [2.24, 2.45) is 5.41 Å². The largest absolute Gasteiger partial charge is 0.306 e. The van der Waals surface area contributed by atoms with E-state index in [9.17, 15) is 0 Å². The molecular weight excluding hydrogens is 218 g/mol. The molecule has 3 unspecified atom stereocenters. The lowest BCUT2D eigenvalue weighted by Crippen LogP contribution is -2.54. The van der Waals surface area contributed by atoms with Crippen LogP contribution in [0.5, 0.6) is 0 Å². The maximum Gasteiger partial charge on any atom is 0.0331 e. The maximum atomic E-state index is 4.10. The van der Waals surface area contributed by atoms with Crippen LogP contribution in [-0.4, -0.2) is 6.04 Å². The van der Waals surface area contributed by atoms with Gasteiger partial charge in [-0.1, -0.05) is 43.7 Å². The summed E-state index contributed by atoms with van der Waals surface area (Å²) in [5, 5.41) is 3.84. The zero-order valence-electron chi connectivity index (χ0n) is 11.7. The van der Waals surface area contributed by atoms with Crippen LogP contribution in [-0.2, 0) is 0 Å². The van der Waals surface area contributed by atoms with Crippen LogP contribution in [0, 0.1) is 5.41 Å². The van der Waals surface area contributed by atoms with Crippen LogP contribution in [0.4, 0.5) is 0 Å². The number of fused-ring (bicyclic) bond motifs is 2. The van der Waals surface area contributed by atoms with Crippen molar-refractivity contribution >= 4 is 0 Å². The van der Waals surface area contributed by atoms with Gasteiger partial charge in [0, 0.05) is 18.0 Å². The van der Waals surface area contributed by atoms with E-state index >= 15 is 0 Å². The van der Waals surface area contributed by atoms with Gasteiger partial charge in [0.1, 0.15) is 0 Å². The fraction of sp³-hybridized carbons (Fsp3) is 0.529. The van der Waals surface area contributed by atoms with Gasteiger partial charge in [-0.25, -0.2) is 0 Å². The van der Waals surface area contributed by atoms with Gasteiger partial charge in [0.15, 0.2) is 0 Å². The van der Waals surface area contributed by atoms with Crippen molar-refractivity contribution < 1.29 is 0 Å². The number of nitrogens with one attached hydrogen (secondary N) is 1. The molecule has 1 fully saturated rings. The molecule has 1 nitrogen and oxygen atoms in total. The highest BCUT2D eigenvalue weighted by atomic mass is 15.0. The van der Waals surface area contributed by atoms with E-state index in [0.717, 1.165) is 6.42 Å². The summed E-state index contributed by atoms with van der Waals surface area (Å²) in [6.07, 6.45) is 2.35. The van der Waals surface area contributed by atoms with Crippen molar-refractivity contribution in [1.29, 1.82) is 0 Å². The van der Waals surface area contributed by atoms with Crippen LogP contribution in [0.3, 0.4) is 0 Å². The zero-order valence-corrected chi connectivity index (χ0v) is 11.7. The summed E-state index contributed by atoms with van der Waals surface area (Å²) in [5.41, 5.74) is 4.78. The lowest BCUT2D eigenvalue weighted by molar-refractivity contribution is 0.104. The first kappa shape index (κ1) is 12.0. The highest BCUT2D eigenvalue weighted by molar-refractivity contribution is 5.41. The van der Waals surface area contributed by atoms with Crippen LogP contribution in [0.15, 0.2) is 36.4 Å². The molecule has 0 aromatic heterocycles. The second-order valence-electron chi connectivity index (χ2n) is 6.79. The highest BCUT2D eigenvalue weighted by Gasteiger charge is 2.48. The summed E-state index contributed by atoms with van der Waals surface area (Å²) >= 11 is 0. The number of hydrogen-bond acceptors (Lipinski definition) is 1. The molecule has 1 aromatic carbocycles. The predicted molar refractivity (Wildman–Crippen MR) is 76.7 cm³/mol. The summed E-state index contributed by atoms with van der Waals surface area (Å²) in [6.45, 7) is 11.1. The molecule has 96 valence electrons. The highest BCUT2D eigenvalue weighted by Crippen LogP contribution is 2.55. The number of benzene rings is 1. The van der Waals surface area contributed by atoms with E-state index in [-0.39, 0.29) is 0 Å². The molecule has 2 bridgehead atoms. The van der Waals surface area contributed by atoms with Crippen LogP contribution >= 0.6 is 0 Å². The fourth-order valence-corrected chi connectivity index (χ4v) is 4.11. The van der Waals surface area contributed by atoms with E-state index in [2.05, 4.69) is 56.9 Å². The molecule has 3 aliphatic rings. The van der Waals surface area contributed by atoms with Gasteiger partial charge in [-0.05, 0) is 36.3 Å². The molecule has 3 atom stereocenters. The van der Waals surface area contributed by atoms with Crippen LogP contribution in [0.1, 0.15) is 56.7 Å². The van der Waals surface area contributed by atoms with Gasteiger partial charge in [-0.3, -0.25) is 0 Å². The van der Waals surface area contributed by atoms with Gasteiger partial charge in [0.2, 0.25) is 0 Å². The van der Waals surface area contributed by atoms with Crippen molar-refractivity contribution in [3.63, 3.8) is 0 Å². The molecule has 18 heavy (non-hydrogen) atoms. The minimum absolute atomic E-state index is 0.393. The lowest BCUT2D eigenvalue weighted by Gasteiger charge is -2.54. The van der Waals surface area contributed by atoms with Crippen LogP contribution in [0.2, 0.25) is 0 Å². The number of rotatable bonds is 2. The predicted octanol–water partition coefficient (Wildman–Crippen LogP) is 4.18. The Morgan fingerprint density at radius 3 is 2.67 bits per heavy atom. The summed E-state index contributed by atoms with van der Waals surface area (Å²) in [5.74, 6) is 0.621. The summed E-state index contributed by atoms with van der Waals surface area (Å²) < 4.78 is 0. The Morgan fingerprint density at radius 2 is 2.00 bits per heavy atom. The minimum atomic E-state index is 0.393. The zero-order chi connectivity index (χ0) is 12.9. The molecule has 1 heteroatoms. The molecule has 2 heterocycles. The van der Waals surface area contributed by atoms with Crippen molar-refractivity contribution in [1.82, 2.24) is 5.32 Å². The van der Waals surface area contributed by atoms with Crippen LogP contribution in [0.25, 0.3) is 0 Å². The standard InChI is InChI=1S/C17H23N/c1-11(2)9-14-16-13-8-6-5-7-12(13)15(18-14)10-17(16,3)4/h5-8,14-16,18H,1,9-10H2,2-4H3. The molecule has 1 saturated heterocycles. The third-order valence-corrected chi connectivity index (χ3v) is 4.66. The molecule has 2 aliphatic heterocycles. The van der Waals surface area contributed by atoms with Crippen molar-refractivity contribution in [2.45, 2.75) is 51.6 Å². The third-order valence-electron chi connectivity index (χ3n) is 4.66. The smallest absolute Gasteiger partial charge is 0.0331 e. The SMILES string of the molecule is C=C(C)CC1NC2CC(C)(C)C1c1ccccc12. The van der Waals surface area contributed by atoms with E-state index in [1.807, 2.05) is 0 Å². The Balaban J connectivity index is 2.06. The minimum Gasteiger partial charge on any atom is -0.306 e. The molecule has 1 aliphatic carbocycles. The first-order valence-corrected chi connectivity index (χ1v) is 6.98. The van der Waals surface area contributed by atoms with E-state index in [0.29, 0.717) is 23.4 Å². The van der Waals surface area contributed by atoms with Gasteiger partial charge in [0.05, 0.1) is 0 Å². The second-order valence-corrected chi connectivity index (χ2v) is 6.79. The molecule has 0 radical (unpaired) electrons. The van der Waals surface area contributed by atoms with Crippen molar-refractivity contribution in [3.8, 4) is 0 Å². The number of hydrogen-bond donors (Lipinski definition) is 1. The third kappa shape index (κ3) is 1.73. The summed E-state index contributed by atoms with van der Waals surface area (Å²) in [6, 6.07) is 10.1. The first-order valence-electron chi connectivity index (χ1n) is 6.98. The van der Waals surface area contributed by atoms with Gasteiger partial charge in [0.25, 0.3) is 0 Å². The molecule has 0 saturated carbocycles. The number of piperidine rings is 1. The van der Waals surface area contributed by atoms with E-state index in [1.54, 1.807) is 5.56 Å². The first-order chi connectivity index (χ1) is 8.49. The van der Waals surface area contributed by atoms with Gasteiger partial charge in [-0.2, -0.15) is 0 Å². The van der Waals surface area contributed by atoms with Crippen LogP contribution < -0.4 is 5.32 Å². The molecular formula is C17H23N. The van der Waals surface area contributed by atoms with Crippen molar-refractivity contribution in [3.05, 3.63) is 47.5 Å². The maximum absolute atomic E-state index is 4.10. The Morgan fingerprint density at radius 1 is 1.33 bits per heavy atom. The molecule has 0 amide bonds. The Labute approximate surface area is 110 Å². The normalized spacial score (nSPS) is 32.1. The van der Waals surface area contributed by atoms with E-state index < -0.39 is 0 Å². The van der Waals surface area contributed by atoms with Gasteiger partial charge in [-0.15, -0.1) is 6.58 Å². The fourth-order valence-electron chi connectivity index (χ4n) is 4.11. The Hall–Kier alpha value is -1.08. The van der Waals surface area contributed by atoms with E-state index in [4.69, 9.17) is 0 Å². The average Bonchev–Trinajstić information content (AvgIpc) is 2.26. The second kappa shape index (κ2) is 3.96. The molecule has 1 N–H and O–H groups in total. The summed E-state index contributed by atoms with van der Waals surface area (Å²) in [4.78, 5) is 0. The Kier molecular flexibility index (Phi) is 2.63. The van der Waals surface area contributed by atoms with E-state index in [1.165, 1.54) is 17.6 Å². The topological polar surface area (TPSA) is 12.0 Å². The molecule has 0 spiro atoms. The lowest BCUT2D eigenvalue weighted by atomic mass is 9.58. The Bertz CT molecular complexity index is 486. The molecule has 4 rings (SSSR count). The quantitative estimate of drug-likeness (QED) is 0.766. The monoisotopic (exact) mass is 241 g/mol. The molecule has 1 aromatic rings.